The molecule has 7 rings (SSSR count). The van der Waals surface area contributed by atoms with Crippen LogP contribution in [0.3, 0.4) is 0 Å². The van der Waals surface area contributed by atoms with E-state index in [1.165, 1.54) is 33.4 Å². The van der Waals surface area contributed by atoms with Gasteiger partial charge in [0.05, 0.1) is 0 Å². The fraction of sp³-hybridized carbons (Fsp3) is 0.333. The van der Waals surface area contributed by atoms with Crippen molar-refractivity contribution in [2.75, 3.05) is 13.2 Å². The second-order valence-corrected chi connectivity index (χ2v) is 22.8. The first-order valence-corrected chi connectivity index (χ1v) is 27.3. The van der Waals surface area contributed by atoms with E-state index >= 15 is 0 Å². The number of phenolic OH excluding ortho intramolecular Hbond substituents is 1. The Morgan fingerprint density at radius 2 is 1.05 bits per heavy atom. The monoisotopic (exact) mass is 932 g/mol. The average molecular weight is 935 g/mol. The molecule has 0 saturated heterocycles. The number of para-hydroxylation sites is 2. The molecule has 0 bridgehead atoms. The Hall–Kier alpha value is -4.02. The molecule has 1 heterocycles. The average Bonchev–Trinajstić information content (AvgIpc) is 3.16. The third kappa shape index (κ3) is 10.1. The SMILES string of the molecule is Cc1cc(C)c(-c2cc(C(C)(C)C)cc(-c3ccccc3OCC3(C)COc4ccccc4-c4cc(C(C)(C)C)cc(-c5c(C)cc(C)cc5C)c4O3)c2O)c(C)c1.[Cl][Zr][Cl]. The standard InChI is InChI=1S/C54H60O4.2ClH.Zr/c1-32-22-34(3)48(35(4)23-32)44-28-38(52(7,8)9)26-42(50(44)55)40-18-14-16-20-46(40)56-30-54(13)31-57-47-21-17-15-19-41(47)43-27-39(53(10,11)12)29-45(51(43)58-54)49-36(5)24-33(2)25-37(49)6;;;/h14-29,55H,30-31H2,1-13H3;2*1H;/q;;;+2/p-2. The predicted molar refractivity (Wildman–Crippen MR) is 254 cm³/mol. The summed E-state index contributed by atoms with van der Waals surface area (Å²) < 4.78 is 20.9. The summed E-state index contributed by atoms with van der Waals surface area (Å²) >= 11 is -0.826. The van der Waals surface area contributed by atoms with Gasteiger partial charge in [0.25, 0.3) is 0 Å². The number of aryl methyl sites for hydroxylation is 6. The third-order valence-electron chi connectivity index (χ3n) is 11.6. The molecule has 1 unspecified atom stereocenters. The number of aromatic hydroxyl groups is 1. The van der Waals surface area contributed by atoms with Crippen LogP contribution in [0, 0.1) is 41.5 Å². The van der Waals surface area contributed by atoms with Crippen molar-refractivity contribution in [2.45, 2.75) is 106 Å². The molecule has 0 fully saturated rings. The minimum atomic E-state index is -0.906. The second kappa shape index (κ2) is 18.4. The number of hydrogen-bond donors (Lipinski definition) is 1. The van der Waals surface area contributed by atoms with Crippen LogP contribution in [-0.2, 0) is 31.7 Å². The van der Waals surface area contributed by atoms with Crippen molar-refractivity contribution in [3.05, 3.63) is 142 Å². The van der Waals surface area contributed by atoms with Gasteiger partial charge < -0.3 is 19.3 Å². The number of fused-ring (bicyclic) bond motifs is 3. The van der Waals surface area contributed by atoms with E-state index < -0.39 is 26.4 Å². The van der Waals surface area contributed by atoms with Gasteiger partial charge in [-0.3, -0.25) is 0 Å². The van der Waals surface area contributed by atoms with Gasteiger partial charge >= 0.3 is 37.9 Å². The van der Waals surface area contributed by atoms with Crippen molar-refractivity contribution in [1.82, 2.24) is 0 Å². The van der Waals surface area contributed by atoms with E-state index in [-0.39, 0.29) is 29.8 Å². The quantitative estimate of drug-likeness (QED) is 0.181. The summed E-state index contributed by atoms with van der Waals surface area (Å²) in [6.45, 7) is 28.9. The van der Waals surface area contributed by atoms with Crippen molar-refractivity contribution in [2.24, 2.45) is 0 Å². The maximum atomic E-state index is 12.2. The van der Waals surface area contributed by atoms with Crippen LogP contribution in [0.5, 0.6) is 23.0 Å². The number of ether oxygens (including phenoxy) is 3. The van der Waals surface area contributed by atoms with Gasteiger partial charge in [0, 0.05) is 33.4 Å². The Bertz CT molecular complexity index is 2540. The Morgan fingerprint density at radius 3 is 1.59 bits per heavy atom. The Balaban J connectivity index is 0.00000201. The molecule has 318 valence electrons. The summed E-state index contributed by atoms with van der Waals surface area (Å²) in [7, 11) is 9.87. The van der Waals surface area contributed by atoms with E-state index in [0.29, 0.717) is 5.75 Å². The molecule has 7 heteroatoms. The molecule has 0 aromatic heterocycles. The molecule has 61 heavy (non-hydrogen) atoms. The first kappa shape index (κ1) is 46.5. The van der Waals surface area contributed by atoms with Crippen molar-refractivity contribution in [3.63, 3.8) is 0 Å². The summed E-state index contributed by atoms with van der Waals surface area (Å²) in [6, 6.07) is 34.0. The van der Waals surface area contributed by atoms with Crippen LogP contribution >= 0.6 is 17.0 Å². The van der Waals surface area contributed by atoms with E-state index in [1.807, 2.05) is 36.4 Å². The summed E-state index contributed by atoms with van der Waals surface area (Å²) in [4.78, 5) is 0. The molecule has 0 radical (unpaired) electrons. The Morgan fingerprint density at radius 1 is 0.607 bits per heavy atom. The molecule has 1 aliphatic heterocycles. The van der Waals surface area contributed by atoms with E-state index in [1.54, 1.807) is 0 Å². The number of phenols is 1. The van der Waals surface area contributed by atoms with Crippen molar-refractivity contribution >= 4 is 17.0 Å². The Labute approximate surface area is 383 Å². The fourth-order valence-corrected chi connectivity index (χ4v) is 8.67. The zero-order valence-electron chi connectivity index (χ0n) is 38.1. The fourth-order valence-electron chi connectivity index (χ4n) is 8.67. The van der Waals surface area contributed by atoms with Crippen LogP contribution in [0.4, 0.5) is 0 Å². The molecule has 0 spiro atoms. The summed E-state index contributed by atoms with van der Waals surface area (Å²) in [5, 5.41) is 12.2. The number of hydrogen-bond acceptors (Lipinski definition) is 4. The molecule has 1 N–H and O–H groups in total. The molecule has 4 nitrogen and oxygen atoms in total. The van der Waals surface area contributed by atoms with Gasteiger partial charge in [-0.15, -0.1) is 0 Å². The molecular weight excluding hydrogens is 875 g/mol. The van der Waals surface area contributed by atoms with Crippen LogP contribution < -0.4 is 14.2 Å². The number of rotatable bonds is 6. The maximum absolute atomic E-state index is 12.2. The van der Waals surface area contributed by atoms with Gasteiger partial charge in [0.1, 0.15) is 36.2 Å². The molecule has 6 aromatic carbocycles. The third-order valence-corrected chi connectivity index (χ3v) is 11.6. The van der Waals surface area contributed by atoms with Crippen molar-refractivity contribution in [3.8, 4) is 67.5 Å². The zero-order valence-corrected chi connectivity index (χ0v) is 42.0. The van der Waals surface area contributed by atoms with Crippen LogP contribution in [0.15, 0.2) is 97.1 Å². The molecule has 1 aliphatic rings. The van der Waals surface area contributed by atoms with Crippen molar-refractivity contribution < 1.29 is 40.2 Å². The van der Waals surface area contributed by atoms with Crippen LogP contribution in [0.25, 0.3) is 44.5 Å². The first-order chi connectivity index (χ1) is 28.7. The first-order valence-electron chi connectivity index (χ1n) is 21.0. The summed E-state index contributed by atoms with van der Waals surface area (Å²) in [5.41, 5.74) is 16.0. The van der Waals surface area contributed by atoms with Gasteiger partial charge in [0.15, 0.2) is 5.60 Å². The summed E-state index contributed by atoms with van der Waals surface area (Å²) in [5.74, 6) is 2.53. The van der Waals surface area contributed by atoms with E-state index in [0.717, 1.165) is 67.1 Å². The molecular formula is C54H60Cl2O4Zr. The number of benzene rings is 6. The van der Waals surface area contributed by atoms with Gasteiger partial charge in [-0.2, -0.15) is 0 Å². The molecule has 0 aliphatic carbocycles. The van der Waals surface area contributed by atoms with E-state index in [2.05, 4.69) is 151 Å². The molecule has 1 atom stereocenters. The zero-order chi connectivity index (χ0) is 44.6. The number of halogens is 2. The topological polar surface area (TPSA) is 47.9 Å². The van der Waals surface area contributed by atoms with Gasteiger partial charge in [-0.1, -0.05) is 113 Å². The predicted octanol–water partition coefficient (Wildman–Crippen LogP) is 15.5. The summed E-state index contributed by atoms with van der Waals surface area (Å²) in [6.07, 6.45) is 0. The van der Waals surface area contributed by atoms with Gasteiger partial charge in [-0.25, -0.2) is 0 Å². The van der Waals surface area contributed by atoms with Crippen LogP contribution in [0.2, 0.25) is 0 Å². The normalized spacial score (nSPS) is 14.9. The van der Waals surface area contributed by atoms with E-state index in [9.17, 15) is 5.11 Å². The molecule has 0 amide bonds. The Kier molecular flexibility index (Phi) is 14.0. The van der Waals surface area contributed by atoms with Gasteiger partial charge in [0.2, 0.25) is 0 Å². The van der Waals surface area contributed by atoms with Crippen LogP contribution in [-0.4, -0.2) is 23.9 Å². The molecule has 6 aromatic rings. The van der Waals surface area contributed by atoms with E-state index in [4.69, 9.17) is 31.2 Å². The molecule has 0 saturated carbocycles. The van der Waals surface area contributed by atoms with Gasteiger partial charge in [-0.05, 0) is 140 Å². The minimum absolute atomic E-state index is 0.114. The second-order valence-electron chi connectivity index (χ2n) is 19.1. The van der Waals surface area contributed by atoms with Crippen LogP contribution in [0.1, 0.15) is 93.0 Å². The van der Waals surface area contributed by atoms with Crippen molar-refractivity contribution in [1.29, 1.82) is 0 Å².